The first-order chi connectivity index (χ1) is 8.31. The van der Waals surface area contributed by atoms with E-state index in [0.717, 1.165) is 0 Å². The van der Waals surface area contributed by atoms with Gasteiger partial charge >= 0.3 is 0 Å². The van der Waals surface area contributed by atoms with Gasteiger partial charge in [-0.25, -0.2) is 0 Å². The van der Waals surface area contributed by atoms with Crippen LogP contribution in [-0.4, -0.2) is 53.7 Å². The minimum absolute atomic E-state index is 0.153. The number of likely N-dealkylation sites (tertiary alicyclic amines) is 1. The molecular weight excluding hydrogens is 236 g/mol. The maximum absolute atomic E-state index is 11.9. The van der Waals surface area contributed by atoms with Gasteiger partial charge in [0.2, 0.25) is 5.91 Å². The van der Waals surface area contributed by atoms with Gasteiger partial charge in [-0.3, -0.25) is 9.69 Å². The third-order valence-corrected chi connectivity index (χ3v) is 3.14. The minimum Gasteiger partial charge on any atom is -0.548 e. The van der Waals surface area contributed by atoms with Crippen molar-refractivity contribution in [1.82, 2.24) is 10.2 Å². The molecule has 0 radical (unpaired) electrons. The van der Waals surface area contributed by atoms with Gasteiger partial charge in [0.25, 0.3) is 0 Å². The van der Waals surface area contributed by atoms with Crippen molar-refractivity contribution in [3.05, 3.63) is 0 Å². The van der Waals surface area contributed by atoms with E-state index >= 15 is 0 Å². The summed E-state index contributed by atoms with van der Waals surface area (Å²) >= 11 is 0. The number of carbonyl (C=O) groups is 2. The highest BCUT2D eigenvalue weighted by molar-refractivity contribution is 5.86. The SMILES string of the molecule is CC(C)C[C@H](NC(=O)[C@@H]1CC(O)CN1C)C(=O)[O-]. The van der Waals surface area contributed by atoms with Crippen molar-refractivity contribution >= 4 is 11.9 Å². The van der Waals surface area contributed by atoms with E-state index in [1.165, 1.54) is 0 Å². The van der Waals surface area contributed by atoms with Gasteiger partial charge in [-0.1, -0.05) is 13.8 Å². The maximum Gasteiger partial charge on any atom is 0.237 e. The van der Waals surface area contributed by atoms with Gasteiger partial charge in [0, 0.05) is 6.54 Å². The van der Waals surface area contributed by atoms with E-state index in [1.54, 1.807) is 11.9 Å². The number of likely N-dealkylation sites (N-methyl/N-ethyl adjacent to an activating group) is 1. The molecule has 1 saturated heterocycles. The minimum atomic E-state index is -1.27. The largest absolute Gasteiger partial charge is 0.548 e. The van der Waals surface area contributed by atoms with Crippen LogP contribution in [0.1, 0.15) is 26.7 Å². The molecule has 0 spiro atoms. The van der Waals surface area contributed by atoms with Crippen molar-refractivity contribution in [2.24, 2.45) is 5.92 Å². The molecule has 6 heteroatoms. The van der Waals surface area contributed by atoms with Gasteiger partial charge in [0.05, 0.1) is 24.2 Å². The van der Waals surface area contributed by atoms with E-state index in [9.17, 15) is 19.8 Å². The Bertz CT molecular complexity index is 319. The van der Waals surface area contributed by atoms with Crippen LogP contribution in [0.2, 0.25) is 0 Å². The molecule has 18 heavy (non-hydrogen) atoms. The molecule has 1 aliphatic rings. The maximum atomic E-state index is 11.9. The van der Waals surface area contributed by atoms with Crippen LogP contribution in [0.3, 0.4) is 0 Å². The molecule has 1 rings (SSSR count). The van der Waals surface area contributed by atoms with E-state index < -0.39 is 24.2 Å². The first-order valence-corrected chi connectivity index (χ1v) is 6.20. The van der Waals surface area contributed by atoms with Crippen molar-refractivity contribution in [3.63, 3.8) is 0 Å². The molecule has 6 nitrogen and oxygen atoms in total. The van der Waals surface area contributed by atoms with Crippen LogP contribution in [0.4, 0.5) is 0 Å². The Morgan fingerprint density at radius 1 is 1.50 bits per heavy atom. The summed E-state index contributed by atoms with van der Waals surface area (Å²) in [5.74, 6) is -1.47. The number of aliphatic hydroxyl groups excluding tert-OH is 1. The molecule has 2 N–H and O–H groups in total. The van der Waals surface area contributed by atoms with E-state index in [2.05, 4.69) is 5.32 Å². The van der Waals surface area contributed by atoms with E-state index in [-0.39, 0.29) is 11.8 Å². The van der Waals surface area contributed by atoms with Gasteiger partial charge in [0.15, 0.2) is 0 Å². The fourth-order valence-corrected chi connectivity index (χ4v) is 2.23. The summed E-state index contributed by atoms with van der Waals surface area (Å²) in [6.45, 7) is 4.19. The summed E-state index contributed by atoms with van der Waals surface area (Å²) in [4.78, 5) is 24.6. The number of aliphatic hydroxyl groups is 1. The van der Waals surface area contributed by atoms with Crippen molar-refractivity contribution in [3.8, 4) is 0 Å². The second-order valence-electron chi connectivity index (χ2n) is 5.35. The lowest BCUT2D eigenvalue weighted by Crippen LogP contribution is -2.52. The van der Waals surface area contributed by atoms with Gasteiger partial charge in [-0.05, 0) is 25.8 Å². The number of carboxylic acids is 1. The number of aliphatic carboxylic acids is 1. The van der Waals surface area contributed by atoms with Crippen LogP contribution >= 0.6 is 0 Å². The number of nitrogens with zero attached hydrogens (tertiary/aromatic N) is 1. The van der Waals surface area contributed by atoms with Crippen LogP contribution in [0.15, 0.2) is 0 Å². The zero-order valence-electron chi connectivity index (χ0n) is 11.0. The monoisotopic (exact) mass is 257 g/mol. The highest BCUT2D eigenvalue weighted by atomic mass is 16.4. The van der Waals surface area contributed by atoms with Gasteiger partial charge in [0.1, 0.15) is 0 Å². The van der Waals surface area contributed by atoms with Crippen LogP contribution in [0, 0.1) is 5.92 Å². The smallest absolute Gasteiger partial charge is 0.237 e. The number of hydrogen-bond donors (Lipinski definition) is 2. The molecule has 0 saturated carbocycles. The molecule has 0 aromatic carbocycles. The lowest BCUT2D eigenvalue weighted by Gasteiger charge is -2.25. The molecule has 1 aliphatic heterocycles. The fraction of sp³-hybridized carbons (Fsp3) is 0.833. The van der Waals surface area contributed by atoms with E-state index in [0.29, 0.717) is 19.4 Å². The molecule has 1 amide bonds. The lowest BCUT2D eigenvalue weighted by atomic mass is 10.0. The summed E-state index contributed by atoms with van der Waals surface area (Å²) in [6, 6.07) is -1.43. The third kappa shape index (κ3) is 3.96. The standard InChI is InChI=1S/C12H22N2O4/c1-7(2)4-9(12(17)18)13-11(16)10-5-8(15)6-14(10)3/h7-10,15H,4-6H2,1-3H3,(H,13,16)(H,17,18)/p-1/t8?,9-,10-/m0/s1. The fourth-order valence-electron chi connectivity index (χ4n) is 2.23. The molecule has 0 aromatic rings. The van der Waals surface area contributed by atoms with Crippen molar-refractivity contribution in [2.75, 3.05) is 13.6 Å². The number of carboxylic acid groups (broad SMARTS) is 1. The number of β-amino-alcohol motifs (C(OH)–C–C–N with tert-alkyl or cyclic N) is 1. The average Bonchev–Trinajstić information content (AvgIpc) is 2.56. The summed E-state index contributed by atoms with van der Waals surface area (Å²) in [7, 11) is 1.73. The van der Waals surface area contributed by atoms with Crippen LogP contribution < -0.4 is 10.4 Å². The Kier molecular flexibility index (Phi) is 5.10. The number of amides is 1. The van der Waals surface area contributed by atoms with E-state index in [4.69, 9.17) is 0 Å². The molecular formula is C12H21N2O4-. The quantitative estimate of drug-likeness (QED) is 0.614. The molecule has 104 valence electrons. The molecule has 3 atom stereocenters. The highest BCUT2D eigenvalue weighted by Gasteiger charge is 2.34. The average molecular weight is 257 g/mol. The second-order valence-corrected chi connectivity index (χ2v) is 5.35. The van der Waals surface area contributed by atoms with Crippen molar-refractivity contribution in [2.45, 2.75) is 44.9 Å². The Morgan fingerprint density at radius 2 is 2.11 bits per heavy atom. The number of nitrogens with one attached hydrogen (secondary N) is 1. The topological polar surface area (TPSA) is 92.7 Å². The predicted molar refractivity (Wildman–Crippen MR) is 63.4 cm³/mol. The first kappa shape index (κ1) is 14.9. The summed E-state index contributed by atoms with van der Waals surface area (Å²) in [5, 5.41) is 22.9. The molecule has 0 aliphatic carbocycles. The van der Waals surface area contributed by atoms with Crippen molar-refractivity contribution < 1.29 is 19.8 Å². The third-order valence-electron chi connectivity index (χ3n) is 3.14. The summed E-state index contributed by atoms with van der Waals surface area (Å²) in [5.41, 5.74) is 0. The normalized spacial score (nSPS) is 26.3. The zero-order chi connectivity index (χ0) is 13.9. The Hall–Kier alpha value is -1.14. The molecule has 1 fully saturated rings. The number of carbonyl (C=O) groups excluding carboxylic acids is 2. The molecule has 0 aromatic heterocycles. The Morgan fingerprint density at radius 3 is 2.50 bits per heavy atom. The lowest BCUT2D eigenvalue weighted by molar-refractivity contribution is -0.308. The van der Waals surface area contributed by atoms with Crippen LogP contribution in [-0.2, 0) is 9.59 Å². The number of rotatable bonds is 5. The zero-order valence-corrected chi connectivity index (χ0v) is 11.0. The second kappa shape index (κ2) is 6.15. The Labute approximate surface area is 107 Å². The van der Waals surface area contributed by atoms with Gasteiger partial charge < -0.3 is 20.3 Å². The van der Waals surface area contributed by atoms with Crippen LogP contribution in [0.25, 0.3) is 0 Å². The Balaban J connectivity index is 2.58. The predicted octanol–water partition coefficient (Wildman–Crippen LogP) is -1.67. The first-order valence-electron chi connectivity index (χ1n) is 6.20. The van der Waals surface area contributed by atoms with E-state index in [1.807, 2.05) is 13.8 Å². The highest BCUT2D eigenvalue weighted by Crippen LogP contribution is 2.16. The molecule has 0 bridgehead atoms. The van der Waals surface area contributed by atoms with Crippen LogP contribution in [0.5, 0.6) is 0 Å². The molecule has 1 unspecified atom stereocenters. The summed E-state index contributed by atoms with van der Waals surface area (Å²) in [6.07, 6.45) is 0.147. The molecule has 1 heterocycles. The summed E-state index contributed by atoms with van der Waals surface area (Å²) < 4.78 is 0. The number of hydrogen-bond acceptors (Lipinski definition) is 5. The van der Waals surface area contributed by atoms with Crippen molar-refractivity contribution in [1.29, 1.82) is 0 Å². The van der Waals surface area contributed by atoms with Gasteiger partial charge in [-0.15, -0.1) is 0 Å². The van der Waals surface area contributed by atoms with Gasteiger partial charge in [-0.2, -0.15) is 0 Å².